The topological polar surface area (TPSA) is 66.4 Å². The summed E-state index contributed by atoms with van der Waals surface area (Å²) in [6, 6.07) is 10.6. The Hall–Kier alpha value is -1.21. The highest BCUT2D eigenvalue weighted by molar-refractivity contribution is 7.90. The lowest BCUT2D eigenvalue weighted by atomic mass is 10.2. The maximum atomic E-state index is 11.3. The summed E-state index contributed by atoms with van der Waals surface area (Å²) in [6.45, 7) is 1.06. The second kappa shape index (κ2) is 6.49. The lowest BCUT2D eigenvalue weighted by molar-refractivity contribution is 0.178. The number of aliphatic hydroxyl groups is 1. The molecule has 0 saturated heterocycles. The first-order valence-electron chi connectivity index (χ1n) is 6.18. The molecule has 0 amide bonds. The Morgan fingerprint density at radius 2 is 1.95 bits per heavy atom. The summed E-state index contributed by atoms with van der Waals surface area (Å²) in [5.74, 6) is 0. The van der Waals surface area contributed by atoms with Crippen molar-refractivity contribution in [2.45, 2.75) is 17.5 Å². The van der Waals surface area contributed by atoms with Gasteiger partial charge in [0.1, 0.15) is 6.10 Å². The van der Waals surface area contributed by atoms with Crippen molar-refractivity contribution in [3.05, 3.63) is 52.2 Å². The van der Waals surface area contributed by atoms with Crippen molar-refractivity contribution < 1.29 is 13.5 Å². The van der Waals surface area contributed by atoms with Gasteiger partial charge in [-0.3, -0.25) is 0 Å². The number of hydrogen-bond acceptors (Lipinski definition) is 5. The molecule has 0 fully saturated rings. The molecular formula is C14H17NO3S2. The van der Waals surface area contributed by atoms with Crippen LogP contribution in [0.2, 0.25) is 0 Å². The van der Waals surface area contributed by atoms with E-state index in [-0.39, 0.29) is 0 Å². The summed E-state index contributed by atoms with van der Waals surface area (Å²) in [6.07, 6.45) is 0.683. The third-order valence-corrected chi connectivity index (χ3v) is 4.99. The van der Waals surface area contributed by atoms with Crippen molar-refractivity contribution in [1.29, 1.82) is 0 Å². The fraction of sp³-hybridized carbons (Fsp3) is 0.286. The number of benzene rings is 1. The highest BCUT2D eigenvalue weighted by Crippen LogP contribution is 2.18. The molecular weight excluding hydrogens is 294 g/mol. The average molecular weight is 311 g/mol. The fourth-order valence-corrected chi connectivity index (χ4v) is 3.13. The third kappa shape index (κ3) is 4.14. The number of thiophene rings is 1. The van der Waals surface area contributed by atoms with E-state index < -0.39 is 15.9 Å². The van der Waals surface area contributed by atoms with Crippen LogP contribution in [0, 0.1) is 0 Å². The van der Waals surface area contributed by atoms with E-state index in [4.69, 9.17) is 0 Å². The summed E-state index contributed by atoms with van der Waals surface area (Å²) in [4.78, 5) is 1.25. The van der Waals surface area contributed by atoms with Gasteiger partial charge in [0.05, 0.1) is 4.90 Å². The van der Waals surface area contributed by atoms with Gasteiger partial charge in [-0.25, -0.2) is 8.42 Å². The molecule has 20 heavy (non-hydrogen) atoms. The van der Waals surface area contributed by atoms with Crippen molar-refractivity contribution >= 4 is 21.2 Å². The van der Waals surface area contributed by atoms with E-state index in [9.17, 15) is 13.5 Å². The number of sulfone groups is 1. The summed E-state index contributed by atoms with van der Waals surface area (Å²) < 4.78 is 22.7. The molecule has 0 bridgehead atoms. The van der Waals surface area contributed by atoms with Gasteiger partial charge >= 0.3 is 0 Å². The highest BCUT2D eigenvalue weighted by atomic mass is 32.2. The fourth-order valence-electron chi connectivity index (χ4n) is 1.79. The van der Waals surface area contributed by atoms with Gasteiger partial charge < -0.3 is 10.4 Å². The molecule has 1 aromatic carbocycles. The predicted octanol–water partition coefficient (Wildman–Crippen LogP) is 1.97. The van der Waals surface area contributed by atoms with Gasteiger partial charge in [0.2, 0.25) is 0 Å². The van der Waals surface area contributed by atoms with Crippen LogP contribution in [0.4, 0.5) is 0 Å². The second-order valence-corrected chi connectivity index (χ2v) is 7.57. The molecule has 4 nitrogen and oxygen atoms in total. The molecule has 1 unspecified atom stereocenters. The van der Waals surface area contributed by atoms with Crippen molar-refractivity contribution in [2.75, 3.05) is 12.8 Å². The molecule has 0 aliphatic heterocycles. The van der Waals surface area contributed by atoms with Gasteiger partial charge in [0, 0.05) is 24.2 Å². The summed E-state index contributed by atoms with van der Waals surface area (Å²) in [5.41, 5.74) is 0.982. The lowest BCUT2D eigenvalue weighted by Gasteiger charge is -2.10. The predicted molar refractivity (Wildman–Crippen MR) is 80.5 cm³/mol. The Balaban J connectivity index is 1.86. The van der Waals surface area contributed by atoms with Crippen molar-refractivity contribution in [1.82, 2.24) is 5.32 Å². The minimum atomic E-state index is -3.14. The van der Waals surface area contributed by atoms with Crippen LogP contribution >= 0.6 is 11.3 Å². The average Bonchev–Trinajstić information content (AvgIpc) is 2.92. The SMILES string of the molecule is CS(=O)(=O)c1ccc(CNCC(O)c2cccs2)cc1. The molecule has 1 atom stereocenters. The van der Waals surface area contributed by atoms with E-state index in [1.165, 1.54) is 17.6 Å². The minimum Gasteiger partial charge on any atom is -0.386 e. The van der Waals surface area contributed by atoms with Gasteiger partial charge in [-0.15, -0.1) is 11.3 Å². The molecule has 0 spiro atoms. The smallest absolute Gasteiger partial charge is 0.175 e. The van der Waals surface area contributed by atoms with Crippen LogP contribution in [0.25, 0.3) is 0 Å². The maximum absolute atomic E-state index is 11.3. The first kappa shape index (κ1) is 15.2. The Morgan fingerprint density at radius 3 is 2.50 bits per heavy atom. The van der Waals surface area contributed by atoms with E-state index in [1.54, 1.807) is 24.3 Å². The van der Waals surface area contributed by atoms with Gasteiger partial charge in [-0.05, 0) is 29.1 Å². The second-order valence-electron chi connectivity index (χ2n) is 4.58. The molecule has 1 aromatic heterocycles. The van der Waals surface area contributed by atoms with Gasteiger partial charge in [-0.1, -0.05) is 18.2 Å². The quantitative estimate of drug-likeness (QED) is 0.856. The molecule has 6 heteroatoms. The normalized spacial score (nSPS) is 13.3. The first-order valence-corrected chi connectivity index (χ1v) is 8.95. The summed E-state index contributed by atoms with van der Waals surface area (Å²) in [5, 5.41) is 15.0. The van der Waals surface area contributed by atoms with Gasteiger partial charge in [0.25, 0.3) is 0 Å². The van der Waals surface area contributed by atoms with Crippen LogP contribution in [-0.2, 0) is 16.4 Å². The molecule has 0 saturated carbocycles. The largest absolute Gasteiger partial charge is 0.386 e. The number of rotatable bonds is 6. The zero-order chi connectivity index (χ0) is 14.6. The Labute approximate surface area is 123 Å². The van der Waals surface area contributed by atoms with E-state index in [1.807, 2.05) is 17.5 Å². The Bertz CT molecular complexity index is 634. The van der Waals surface area contributed by atoms with Crippen LogP contribution in [-0.4, -0.2) is 26.3 Å². The van der Waals surface area contributed by atoms with Crippen LogP contribution in [0.5, 0.6) is 0 Å². The van der Waals surface area contributed by atoms with Crippen molar-refractivity contribution in [3.63, 3.8) is 0 Å². The van der Waals surface area contributed by atoms with E-state index in [2.05, 4.69) is 5.32 Å². The van der Waals surface area contributed by atoms with E-state index in [0.717, 1.165) is 10.4 Å². The standard InChI is InChI=1S/C14H17NO3S2/c1-20(17,18)12-6-4-11(5-7-12)9-15-10-13(16)14-3-2-8-19-14/h2-8,13,15-16H,9-10H2,1H3. The van der Waals surface area contributed by atoms with Crippen molar-refractivity contribution in [2.24, 2.45) is 0 Å². The molecule has 0 radical (unpaired) electrons. The molecule has 1 heterocycles. The molecule has 2 aromatic rings. The number of hydrogen-bond donors (Lipinski definition) is 2. The molecule has 2 rings (SSSR count). The Kier molecular flexibility index (Phi) is 4.93. The van der Waals surface area contributed by atoms with E-state index >= 15 is 0 Å². The molecule has 0 aliphatic carbocycles. The monoisotopic (exact) mass is 311 g/mol. The Morgan fingerprint density at radius 1 is 1.25 bits per heavy atom. The van der Waals surface area contributed by atoms with Crippen LogP contribution in [0.15, 0.2) is 46.7 Å². The molecule has 108 valence electrons. The summed E-state index contributed by atoms with van der Waals surface area (Å²) in [7, 11) is -3.14. The van der Waals surface area contributed by atoms with Crippen LogP contribution in [0.3, 0.4) is 0 Å². The van der Waals surface area contributed by atoms with Crippen LogP contribution < -0.4 is 5.32 Å². The number of aliphatic hydroxyl groups excluding tert-OH is 1. The molecule has 2 N–H and O–H groups in total. The van der Waals surface area contributed by atoms with Crippen LogP contribution in [0.1, 0.15) is 16.5 Å². The van der Waals surface area contributed by atoms with E-state index in [0.29, 0.717) is 18.0 Å². The molecule has 0 aliphatic rings. The minimum absolute atomic E-state index is 0.319. The lowest BCUT2D eigenvalue weighted by Crippen LogP contribution is -2.20. The zero-order valence-corrected chi connectivity index (χ0v) is 12.7. The number of nitrogens with one attached hydrogen (secondary N) is 1. The van der Waals surface area contributed by atoms with Gasteiger partial charge in [0.15, 0.2) is 9.84 Å². The zero-order valence-electron chi connectivity index (χ0n) is 11.1. The first-order chi connectivity index (χ1) is 9.47. The van der Waals surface area contributed by atoms with Gasteiger partial charge in [-0.2, -0.15) is 0 Å². The highest BCUT2D eigenvalue weighted by Gasteiger charge is 2.08. The maximum Gasteiger partial charge on any atom is 0.175 e. The summed E-state index contributed by atoms with van der Waals surface area (Å²) >= 11 is 1.53. The van der Waals surface area contributed by atoms with Crippen molar-refractivity contribution in [3.8, 4) is 0 Å². The third-order valence-electron chi connectivity index (χ3n) is 2.89.